The van der Waals surface area contributed by atoms with E-state index in [0.717, 1.165) is 29.1 Å². The standard InChI is InChI=1S/C15H18N4/c1-9-15(19-10(2)18-9)13(16)7-11-8-17-14-6-4-3-5-12(11)14/h3-6,8,13,17H,7,16H2,1-2H3,(H,18,19). The van der Waals surface area contributed by atoms with Crippen molar-refractivity contribution >= 4 is 10.9 Å². The maximum Gasteiger partial charge on any atom is 0.103 e. The van der Waals surface area contributed by atoms with Gasteiger partial charge in [-0.15, -0.1) is 0 Å². The molecule has 1 aromatic carbocycles. The van der Waals surface area contributed by atoms with Crippen LogP contribution in [0.3, 0.4) is 0 Å². The summed E-state index contributed by atoms with van der Waals surface area (Å²) in [5.41, 5.74) is 10.7. The first-order valence-electron chi connectivity index (χ1n) is 6.49. The molecule has 0 radical (unpaired) electrons. The molecule has 3 aromatic rings. The molecule has 3 rings (SSSR count). The minimum Gasteiger partial charge on any atom is -0.361 e. The third kappa shape index (κ3) is 2.15. The first-order chi connectivity index (χ1) is 9.15. The van der Waals surface area contributed by atoms with Crippen molar-refractivity contribution in [3.63, 3.8) is 0 Å². The Labute approximate surface area is 112 Å². The van der Waals surface area contributed by atoms with E-state index in [4.69, 9.17) is 5.73 Å². The number of fused-ring (bicyclic) bond motifs is 1. The van der Waals surface area contributed by atoms with E-state index in [9.17, 15) is 0 Å². The lowest BCUT2D eigenvalue weighted by molar-refractivity contribution is 0.697. The number of imidazole rings is 1. The first-order valence-corrected chi connectivity index (χ1v) is 6.49. The lowest BCUT2D eigenvalue weighted by Crippen LogP contribution is -2.14. The van der Waals surface area contributed by atoms with Gasteiger partial charge < -0.3 is 15.7 Å². The number of benzene rings is 1. The number of rotatable bonds is 3. The van der Waals surface area contributed by atoms with E-state index in [1.807, 2.05) is 26.1 Å². The summed E-state index contributed by atoms with van der Waals surface area (Å²) in [7, 11) is 0. The van der Waals surface area contributed by atoms with Crippen LogP contribution in [0.2, 0.25) is 0 Å². The maximum absolute atomic E-state index is 6.30. The van der Waals surface area contributed by atoms with Crippen molar-refractivity contribution in [3.05, 3.63) is 53.2 Å². The van der Waals surface area contributed by atoms with Crippen LogP contribution in [0.15, 0.2) is 30.5 Å². The van der Waals surface area contributed by atoms with Crippen LogP contribution in [0.5, 0.6) is 0 Å². The number of nitrogens with one attached hydrogen (secondary N) is 2. The molecule has 1 atom stereocenters. The molecule has 1 unspecified atom stereocenters. The molecule has 0 saturated heterocycles. The number of nitrogens with two attached hydrogens (primary N) is 1. The van der Waals surface area contributed by atoms with Gasteiger partial charge in [-0.3, -0.25) is 0 Å². The highest BCUT2D eigenvalue weighted by atomic mass is 14.9. The SMILES string of the molecule is Cc1nc(C(N)Cc2c[nH]c3ccccc23)c(C)[nH]1. The molecule has 4 N–H and O–H groups in total. The highest BCUT2D eigenvalue weighted by molar-refractivity contribution is 5.83. The Morgan fingerprint density at radius 1 is 1.26 bits per heavy atom. The summed E-state index contributed by atoms with van der Waals surface area (Å²) >= 11 is 0. The third-order valence-corrected chi connectivity index (χ3v) is 3.51. The van der Waals surface area contributed by atoms with E-state index >= 15 is 0 Å². The summed E-state index contributed by atoms with van der Waals surface area (Å²) in [5.74, 6) is 0.918. The first kappa shape index (κ1) is 12.0. The van der Waals surface area contributed by atoms with Crippen LogP contribution in [-0.4, -0.2) is 15.0 Å². The zero-order valence-electron chi connectivity index (χ0n) is 11.2. The van der Waals surface area contributed by atoms with Gasteiger partial charge in [0.25, 0.3) is 0 Å². The molecule has 0 bridgehead atoms. The minimum absolute atomic E-state index is 0.0795. The van der Waals surface area contributed by atoms with Gasteiger partial charge >= 0.3 is 0 Å². The summed E-state index contributed by atoms with van der Waals surface area (Å²) < 4.78 is 0. The summed E-state index contributed by atoms with van der Waals surface area (Å²) in [4.78, 5) is 11.0. The van der Waals surface area contributed by atoms with Crippen LogP contribution in [0.1, 0.15) is 28.8 Å². The molecule has 0 saturated carbocycles. The fourth-order valence-corrected chi connectivity index (χ4v) is 2.62. The molecular weight excluding hydrogens is 236 g/mol. The molecule has 98 valence electrons. The maximum atomic E-state index is 6.30. The van der Waals surface area contributed by atoms with E-state index in [-0.39, 0.29) is 6.04 Å². The highest BCUT2D eigenvalue weighted by Gasteiger charge is 2.15. The van der Waals surface area contributed by atoms with Crippen molar-refractivity contribution in [3.8, 4) is 0 Å². The van der Waals surface area contributed by atoms with Gasteiger partial charge in [-0.2, -0.15) is 0 Å². The zero-order chi connectivity index (χ0) is 13.4. The van der Waals surface area contributed by atoms with Crippen LogP contribution in [0, 0.1) is 13.8 Å². The number of aromatic nitrogens is 3. The minimum atomic E-state index is -0.0795. The van der Waals surface area contributed by atoms with Crippen LogP contribution in [0.25, 0.3) is 10.9 Å². The second-order valence-corrected chi connectivity index (χ2v) is 5.00. The average Bonchev–Trinajstić information content (AvgIpc) is 2.94. The molecule has 19 heavy (non-hydrogen) atoms. The number of hydrogen-bond acceptors (Lipinski definition) is 2. The zero-order valence-corrected chi connectivity index (χ0v) is 11.2. The predicted octanol–water partition coefficient (Wildman–Crippen LogP) is 2.75. The predicted molar refractivity (Wildman–Crippen MR) is 77.0 cm³/mol. The summed E-state index contributed by atoms with van der Waals surface area (Å²) in [6.45, 7) is 3.97. The van der Waals surface area contributed by atoms with Crippen molar-refractivity contribution in [2.45, 2.75) is 26.3 Å². The van der Waals surface area contributed by atoms with Gasteiger partial charge in [0, 0.05) is 22.8 Å². The van der Waals surface area contributed by atoms with E-state index in [1.165, 1.54) is 10.9 Å². The average molecular weight is 254 g/mol. The number of nitrogens with zero attached hydrogens (tertiary/aromatic N) is 1. The van der Waals surface area contributed by atoms with Crippen molar-refractivity contribution in [2.75, 3.05) is 0 Å². The Morgan fingerprint density at radius 3 is 2.79 bits per heavy atom. The largest absolute Gasteiger partial charge is 0.361 e. The van der Waals surface area contributed by atoms with Crippen LogP contribution in [-0.2, 0) is 6.42 Å². The van der Waals surface area contributed by atoms with Crippen molar-refractivity contribution in [1.82, 2.24) is 15.0 Å². The topological polar surface area (TPSA) is 70.5 Å². The number of para-hydroxylation sites is 1. The Balaban J connectivity index is 1.91. The van der Waals surface area contributed by atoms with E-state index in [1.54, 1.807) is 0 Å². The fraction of sp³-hybridized carbons (Fsp3) is 0.267. The molecule has 4 heteroatoms. The Bertz CT molecular complexity index is 708. The summed E-state index contributed by atoms with van der Waals surface area (Å²) in [6.07, 6.45) is 2.83. The lowest BCUT2D eigenvalue weighted by atomic mass is 10.0. The van der Waals surface area contributed by atoms with Gasteiger partial charge in [0.05, 0.1) is 11.7 Å². The Hall–Kier alpha value is -2.07. The van der Waals surface area contributed by atoms with Gasteiger partial charge in [-0.25, -0.2) is 4.98 Å². The van der Waals surface area contributed by atoms with Crippen LogP contribution < -0.4 is 5.73 Å². The molecule has 0 spiro atoms. The van der Waals surface area contributed by atoms with Crippen molar-refractivity contribution in [1.29, 1.82) is 0 Å². The van der Waals surface area contributed by atoms with Gasteiger partial charge in [0.1, 0.15) is 5.82 Å². The molecule has 0 aliphatic rings. The van der Waals surface area contributed by atoms with Crippen LogP contribution in [0.4, 0.5) is 0 Å². The van der Waals surface area contributed by atoms with Gasteiger partial charge in [-0.1, -0.05) is 18.2 Å². The molecule has 2 aromatic heterocycles. The highest BCUT2D eigenvalue weighted by Crippen LogP contribution is 2.23. The van der Waals surface area contributed by atoms with E-state index in [2.05, 4.69) is 33.2 Å². The number of aryl methyl sites for hydroxylation is 2. The molecule has 4 nitrogen and oxygen atoms in total. The molecule has 2 heterocycles. The summed E-state index contributed by atoms with van der Waals surface area (Å²) in [6, 6.07) is 8.20. The monoisotopic (exact) mass is 254 g/mol. The molecule has 0 aliphatic heterocycles. The Kier molecular flexibility index (Phi) is 2.87. The van der Waals surface area contributed by atoms with Crippen LogP contribution >= 0.6 is 0 Å². The number of aromatic amines is 2. The lowest BCUT2D eigenvalue weighted by Gasteiger charge is -2.09. The van der Waals surface area contributed by atoms with Crippen molar-refractivity contribution < 1.29 is 0 Å². The molecular formula is C15H18N4. The third-order valence-electron chi connectivity index (χ3n) is 3.51. The van der Waals surface area contributed by atoms with Gasteiger partial charge in [0.15, 0.2) is 0 Å². The quantitative estimate of drug-likeness (QED) is 0.672. The van der Waals surface area contributed by atoms with Gasteiger partial charge in [-0.05, 0) is 31.9 Å². The van der Waals surface area contributed by atoms with Crippen molar-refractivity contribution in [2.24, 2.45) is 5.73 Å². The number of hydrogen-bond donors (Lipinski definition) is 3. The van der Waals surface area contributed by atoms with E-state index in [0.29, 0.717) is 0 Å². The number of H-pyrrole nitrogens is 2. The van der Waals surface area contributed by atoms with Gasteiger partial charge in [0.2, 0.25) is 0 Å². The second kappa shape index (κ2) is 4.55. The molecule has 0 aliphatic carbocycles. The van der Waals surface area contributed by atoms with E-state index < -0.39 is 0 Å². The Morgan fingerprint density at radius 2 is 2.05 bits per heavy atom. The smallest absolute Gasteiger partial charge is 0.103 e. The molecule has 0 fully saturated rings. The fourth-order valence-electron chi connectivity index (χ4n) is 2.62. The second-order valence-electron chi connectivity index (χ2n) is 5.00. The normalized spacial score (nSPS) is 13.0. The summed E-state index contributed by atoms with van der Waals surface area (Å²) in [5, 5.41) is 1.24. The molecule has 0 amide bonds.